The number of ether oxygens (including phenoxy) is 1. The highest BCUT2D eigenvalue weighted by molar-refractivity contribution is 7.92. The molecule has 2 aliphatic rings. The number of fused-ring (bicyclic) bond motifs is 2. The van der Waals surface area contributed by atoms with E-state index in [1.54, 1.807) is 30.3 Å². The lowest BCUT2D eigenvalue weighted by atomic mass is 9.97. The molecule has 1 fully saturated rings. The minimum Gasteiger partial charge on any atom is -0.493 e. The summed E-state index contributed by atoms with van der Waals surface area (Å²) in [6.07, 6.45) is 5.86. The first-order valence-corrected chi connectivity index (χ1v) is 12.2. The molecule has 4 rings (SSSR count). The molecule has 7 heteroatoms. The van der Waals surface area contributed by atoms with Crippen molar-refractivity contribution in [1.29, 1.82) is 0 Å². The lowest BCUT2D eigenvalue weighted by Crippen LogP contribution is -2.45. The van der Waals surface area contributed by atoms with Crippen molar-refractivity contribution < 1.29 is 17.9 Å². The normalized spacial score (nSPS) is 19.2. The maximum Gasteiger partial charge on any atom is 0.261 e. The highest BCUT2D eigenvalue weighted by atomic mass is 32.2. The average Bonchev–Trinajstić information content (AvgIpc) is 2.74. The summed E-state index contributed by atoms with van der Waals surface area (Å²) in [6.45, 7) is 3.38. The molecule has 2 aliphatic heterocycles. The third-order valence-electron chi connectivity index (χ3n) is 5.83. The molecule has 1 N–H and O–H groups in total. The molecule has 6 nitrogen and oxygen atoms in total. The van der Waals surface area contributed by atoms with Crippen LogP contribution in [0.5, 0.6) is 5.75 Å². The number of carbonyl (C=O) groups excluding carboxylic acids is 1. The number of sulfonamides is 1. The van der Waals surface area contributed by atoms with Crippen molar-refractivity contribution in [2.45, 2.75) is 56.4 Å². The Balaban J connectivity index is 1.59. The van der Waals surface area contributed by atoms with Crippen LogP contribution in [0, 0.1) is 0 Å². The molecule has 0 radical (unpaired) electrons. The van der Waals surface area contributed by atoms with Crippen LogP contribution in [0.15, 0.2) is 47.4 Å². The van der Waals surface area contributed by atoms with Crippen molar-refractivity contribution in [3.05, 3.63) is 53.6 Å². The molecule has 1 amide bonds. The number of piperidine rings is 1. The summed E-state index contributed by atoms with van der Waals surface area (Å²) in [7, 11) is -3.74. The average molecular weight is 429 g/mol. The largest absolute Gasteiger partial charge is 0.493 e. The van der Waals surface area contributed by atoms with Crippen molar-refractivity contribution in [3.63, 3.8) is 0 Å². The van der Waals surface area contributed by atoms with Crippen molar-refractivity contribution >= 4 is 21.6 Å². The Hall–Kier alpha value is -2.54. The minimum absolute atomic E-state index is 0.0839. The number of hydrogen-bond acceptors (Lipinski definition) is 4. The van der Waals surface area contributed by atoms with Crippen LogP contribution in [0.2, 0.25) is 0 Å². The second kappa shape index (κ2) is 8.68. The molecule has 0 bridgehead atoms. The zero-order valence-corrected chi connectivity index (χ0v) is 18.1. The maximum atomic E-state index is 13.2. The molecule has 0 aliphatic carbocycles. The van der Waals surface area contributed by atoms with Crippen LogP contribution in [-0.4, -0.2) is 38.4 Å². The Morgan fingerprint density at radius 3 is 2.67 bits per heavy atom. The summed E-state index contributed by atoms with van der Waals surface area (Å²) >= 11 is 0. The zero-order chi connectivity index (χ0) is 21.1. The summed E-state index contributed by atoms with van der Waals surface area (Å²) in [5.41, 5.74) is 1.88. The minimum atomic E-state index is -3.74. The molecular formula is C23H28N2O4S. The standard InChI is InChI=1S/C23H28N2O4S/c1-2-5-17-7-10-20(11-8-17)30(27,28)24-18-9-12-22-21(16-18)23(26)25-14-4-3-6-19(25)13-15-29-22/h7-12,16,19,24H,2-6,13-15H2,1H3. The van der Waals surface area contributed by atoms with Gasteiger partial charge in [0.25, 0.3) is 15.9 Å². The molecule has 30 heavy (non-hydrogen) atoms. The number of benzene rings is 2. The Bertz CT molecular complexity index is 1020. The summed E-state index contributed by atoms with van der Waals surface area (Å²) < 4.78 is 34.1. The quantitative estimate of drug-likeness (QED) is 0.774. The van der Waals surface area contributed by atoms with Gasteiger partial charge in [0.05, 0.1) is 17.1 Å². The van der Waals surface area contributed by atoms with E-state index in [4.69, 9.17) is 4.74 Å². The smallest absolute Gasteiger partial charge is 0.261 e. The van der Waals surface area contributed by atoms with Gasteiger partial charge in [-0.2, -0.15) is 0 Å². The van der Waals surface area contributed by atoms with Crippen LogP contribution in [0.3, 0.4) is 0 Å². The van der Waals surface area contributed by atoms with Crippen LogP contribution in [0.25, 0.3) is 0 Å². The van der Waals surface area contributed by atoms with Gasteiger partial charge in [-0.3, -0.25) is 9.52 Å². The van der Waals surface area contributed by atoms with E-state index in [0.29, 0.717) is 23.6 Å². The lowest BCUT2D eigenvalue weighted by Gasteiger charge is -2.37. The fraction of sp³-hybridized carbons (Fsp3) is 0.435. The first-order chi connectivity index (χ1) is 14.5. The van der Waals surface area contributed by atoms with Gasteiger partial charge >= 0.3 is 0 Å². The molecule has 0 aromatic heterocycles. The Kier molecular flexibility index (Phi) is 5.99. The first-order valence-electron chi connectivity index (χ1n) is 10.7. The fourth-order valence-electron chi connectivity index (χ4n) is 4.25. The monoisotopic (exact) mass is 428 g/mol. The van der Waals surface area contributed by atoms with Gasteiger partial charge in [-0.1, -0.05) is 25.5 Å². The van der Waals surface area contributed by atoms with Gasteiger partial charge < -0.3 is 9.64 Å². The predicted molar refractivity (Wildman–Crippen MR) is 116 cm³/mol. The lowest BCUT2D eigenvalue weighted by molar-refractivity contribution is 0.0548. The van der Waals surface area contributed by atoms with E-state index in [9.17, 15) is 13.2 Å². The highest BCUT2D eigenvalue weighted by Crippen LogP contribution is 2.31. The van der Waals surface area contributed by atoms with E-state index >= 15 is 0 Å². The van der Waals surface area contributed by atoms with Crippen molar-refractivity contribution in [3.8, 4) is 5.75 Å². The zero-order valence-electron chi connectivity index (χ0n) is 17.3. The summed E-state index contributed by atoms with van der Waals surface area (Å²) in [6, 6.07) is 12.0. The Labute approximate surface area is 178 Å². The summed E-state index contributed by atoms with van der Waals surface area (Å²) in [4.78, 5) is 15.3. The van der Waals surface area contributed by atoms with Crippen LogP contribution in [0.4, 0.5) is 5.69 Å². The maximum absolute atomic E-state index is 13.2. The second-order valence-corrected chi connectivity index (χ2v) is 9.68. The molecule has 0 spiro atoms. The molecule has 0 saturated carbocycles. The third kappa shape index (κ3) is 4.31. The summed E-state index contributed by atoms with van der Waals surface area (Å²) in [5.74, 6) is 0.426. The third-order valence-corrected chi connectivity index (χ3v) is 7.23. The highest BCUT2D eigenvalue weighted by Gasteiger charge is 2.31. The molecule has 2 aromatic rings. The number of amides is 1. The summed E-state index contributed by atoms with van der Waals surface area (Å²) in [5, 5.41) is 0. The van der Waals surface area contributed by atoms with E-state index in [0.717, 1.165) is 50.6 Å². The first kappa shape index (κ1) is 20.7. The van der Waals surface area contributed by atoms with Gasteiger partial charge in [0, 0.05) is 24.7 Å². The molecule has 1 saturated heterocycles. The van der Waals surface area contributed by atoms with E-state index < -0.39 is 10.0 Å². The van der Waals surface area contributed by atoms with Crippen LogP contribution in [-0.2, 0) is 16.4 Å². The molecule has 1 unspecified atom stereocenters. The van der Waals surface area contributed by atoms with Crippen LogP contribution < -0.4 is 9.46 Å². The van der Waals surface area contributed by atoms with Gasteiger partial charge in [0.15, 0.2) is 0 Å². The van der Waals surface area contributed by atoms with Crippen LogP contribution >= 0.6 is 0 Å². The number of carbonyl (C=O) groups is 1. The van der Waals surface area contributed by atoms with Crippen LogP contribution in [0.1, 0.15) is 54.9 Å². The predicted octanol–water partition coefficient (Wildman–Crippen LogP) is 4.22. The van der Waals surface area contributed by atoms with Gasteiger partial charge in [0.1, 0.15) is 5.75 Å². The number of aryl methyl sites for hydroxylation is 1. The van der Waals surface area contributed by atoms with Crippen molar-refractivity contribution in [2.24, 2.45) is 0 Å². The van der Waals surface area contributed by atoms with E-state index in [-0.39, 0.29) is 16.8 Å². The van der Waals surface area contributed by atoms with Gasteiger partial charge in [-0.05, 0) is 61.6 Å². The Morgan fingerprint density at radius 2 is 1.90 bits per heavy atom. The molecule has 1 atom stereocenters. The van der Waals surface area contributed by atoms with Crippen molar-refractivity contribution in [2.75, 3.05) is 17.9 Å². The number of nitrogens with zero attached hydrogens (tertiary/aromatic N) is 1. The number of anilines is 1. The van der Waals surface area contributed by atoms with E-state index in [1.165, 1.54) is 0 Å². The Morgan fingerprint density at radius 1 is 1.10 bits per heavy atom. The van der Waals surface area contributed by atoms with Gasteiger partial charge in [-0.25, -0.2) is 8.42 Å². The SMILES string of the molecule is CCCc1ccc(S(=O)(=O)Nc2ccc3c(c2)C(=O)N2CCCCC2CCO3)cc1. The molecular weight excluding hydrogens is 400 g/mol. The van der Waals surface area contributed by atoms with Gasteiger partial charge in [0.2, 0.25) is 0 Å². The van der Waals surface area contributed by atoms with E-state index in [2.05, 4.69) is 11.6 Å². The van der Waals surface area contributed by atoms with E-state index in [1.807, 2.05) is 17.0 Å². The number of rotatable bonds is 5. The number of nitrogens with one attached hydrogen (secondary N) is 1. The topological polar surface area (TPSA) is 75.7 Å². The molecule has 2 aromatic carbocycles. The van der Waals surface area contributed by atoms with Crippen molar-refractivity contribution in [1.82, 2.24) is 4.90 Å². The molecule has 2 heterocycles. The fourth-order valence-corrected chi connectivity index (χ4v) is 5.30. The molecule has 160 valence electrons. The second-order valence-electron chi connectivity index (χ2n) is 8.00. The van der Waals surface area contributed by atoms with Gasteiger partial charge in [-0.15, -0.1) is 0 Å². The number of hydrogen-bond donors (Lipinski definition) is 1.